The van der Waals surface area contributed by atoms with Crippen LogP contribution in [0.1, 0.15) is 30.4 Å². The lowest BCUT2D eigenvalue weighted by molar-refractivity contribution is -0.141. The summed E-state index contributed by atoms with van der Waals surface area (Å²) in [5, 5.41) is 0. The summed E-state index contributed by atoms with van der Waals surface area (Å²) in [6, 6.07) is 5.63. The van der Waals surface area contributed by atoms with Crippen molar-refractivity contribution in [3.63, 3.8) is 0 Å². The van der Waals surface area contributed by atoms with Crippen molar-refractivity contribution in [1.29, 1.82) is 0 Å². The number of carbonyl (C=O) groups excluding carboxylic acids is 2. The quantitative estimate of drug-likeness (QED) is 0.851. The molecule has 2 unspecified atom stereocenters. The van der Waals surface area contributed by atoms with Crippen molar-refractivity contribution < 1.29 is 14.3 Å². The van der Waals surface area contributed by atoms with E-state index in [0.29, 0.717) is 13.1 Å². The fourth-order valence-corrected chi connectivity index (χ4v) is 3.49. The molecule has 1 aromatic carbocycles. The Hall–Kier alpha value is -1.88. The third-order valence-electron chi connectivity index (χ3n) is 4.59. The number of ether oxygens (including phenoxy) is 1. The molecule has 0 aromatic heterocycles. The van der Waals surface area contributed by atoms with Gasteiger partial charge in [0.25, 0.3) is 0 Å². The van der Waals surface area contributed by atoms with Crippen molar-refractivity contribution >= 4 is 11.8 Å². The number of fused-ring (bicyclic) bond motifs is 1. The third kappa shape index (κ3) is 2.31. The van der Waals surface area contributed by atoms with Crippen molar-refractivity contribution in [3.05, 3.63) is 29.3 Å². The van der Waals surface area contributed by atoms with E-state index in [1.54, 1.807) is 7.11 Å². The molecule has 2 fully saturated rings. The van der Waals surface area contributed by atoms with Crippen LogP contribution in [0, 0.1) is 11.8 Å². The minimum absolute atomic E-state index is 0.00684. The summed E-state index contributed by atoms with van der Waals surface area (Å²) in [7, 11) is 1.60. The highest BCUT2D eigenvalue weighted by Crippen LogP contribution is 2.40. The van der Waals surface area contributed by atoms with Crippen LogP contribution in [0.5, 0.6) is 5.75 Å². The van der Waals surface area contributed by atoms with Crippen molar-refractivity contribution in [2.75, 3.05) is 7.11 Å². The number of imide groups is 1. The monoisotopic (exact) mass is 288 g/mol. The molecule has 2 atom stereocenters. The van der Waals surface area contributed by atoms with Crippen molar-refractivity contribution in [3.8, 4) is 5.75 Å². The van der Waals surface area contributed by atoms with Gasteiger partial charge in [0.1, 0.15) is 5.75 Å². The van der Waals surface area contributed by atoms with Crippen molar-refractivity contribution in [2.45, 2.75) is 32.4 Å². The molecule has 2 amide bonds. The average Bonchev–Trinajstić information content (AvgIpc) is 3.07. The zero-order valence-corrected chi connectivity index (χ0v) is 12.2. The Morgan fingerprint density at radius 1 is 1.24 bits per heavy atom. The van der Waals surface area contributed by atoms with Crippen LogP contribution >= 0.6 is 0 Å². The normalized spacial score (nSPS) is 24.6. The van der Waals surface area contributed by atoms with Gasteiger partial charge in [0.2, 0.25) is 11.8 Å². The summed E-state index contributed by atoms with van der Waals surface area (Å²) in [6.07, 6.45) is 2.69. The zero-order valence-electron chi connectivity index (χ0n) is 12.2. The smallest absolute Gasteiger partial charge is 0.233 e. The lowest BCUT2D eigenvalue weighted by atomic mass is 10.00. The number of benzene rings is 1. The maximum atomic E-state index is 12.3. The Morgan fingerprint density at radius 3 is 2.48 bits per heavy atom. The Labute approximate surface area is 124 Å². The molecule has 5 heteroatoms. The van der Waals surface area contributed by atoms with Crippen molar-refractivity contribution in [1.82, 2.24) is 4.90 Å². The predicted molar refractivity (Wildman–Crippen MR) is 77.3 cm³/mol. The topological polar surface area (TPSA) is 72.6 Å². The number of hydrogen-bond acceptors (Lipinski definition) is 4. The molecule has 1 aromatic rings. The van der Waals surface area contributed by atoms with Crippen LogP contribution in [0.2, 0.25) is 0 Å². The second-order valence-electron chi connectivity index (χ2n) is 5.76. The number of hydrogen-bond donors (Lipinski definition) is 1. The number of nitrogens with zero attached hydrogens (tertiary/aromatic N) is 1. The van der Waals surface area contributed by atoms with E-state index in [9.17, 15) is 9.59 Å². The van der Waals surface area contributed by atoms with Crippen LogP contribution < -0.4 is 10.5 Å². The highest BCUT2D eigenvalue weighted by atomic mass is 16.5. The highest BCUT2D eigenvalue weighted by Gasteiger charge is 2.49. The first kappa shape index (κ1) is 14.1. The molecular formula is C16H20N2O3. The van der Waals surface area contributed by atoms with Crippen molar-refractivity contribution in [2.24, 2.45) is 17.6 Å². The van der Waals surface area contributed by atoms with Crippen LogP contribution in [0.3, 0.4) is 0 Å². The summed E-state index contributed by atoms with van der Waals surface area (Å²) < 4.78 is 5.24. The van der Waals surface area contributed by atoms with Gasteiger partial charge >= 0.3 is 0 Å². The molecule has 0 radical (unpaired) electrons. The van der Waals surface area contributed by atoms with Gasteiger partial charge in [-0.15, -0.1) is 0 Å². The van der Waals surface area contributed by atoms with Crippen LogP contribution in [0.4, 0.5) is 0 Å². The van der Waals surface area contributed by atoms with E-state index in [0.717, 1.165) is 36.1 Å². The third-order valence-corrected chi connectivity index (χ3v) is 4.59. The van der Waals surface area contributed by atoms with Gasteiger partial charge in [0.15, 0.2) is 0 Å². The minimum atomic E-state index is -0.0790. The molecule has 0 spiro atoms. The Kier molecular flexibility index (Phi) is 3.68. The molecule has 1 aliphatic carbocycles. The number of rotatable bonds is 4. The zero-order chi connectivity index (χ0) is 15.0. The van der Waals surface area contributed by atoms with E-state index >= 15 is 0 Å². The molecule has 1 aliphatic heterocycles. The number of methoxy groups -OCH3 is 1. The van der Waals surface area contributed by atoms with Crippen LogP contribution in [-0.2, 0) is 22.7 Å². The Morgan fingerprint density at radius 2 is 1.90 bits per heavy atom. The molecule has 0 bridgehead atoms. The van der Waals surface area contributed by atoms with Gasteiger partial charge in [-0.2, -0.15) is 0 Å². The molecular weight excluding hydrogens is 268 g/mol. The highest BCUT2D eigenvalue weighted by molar-refractivity contribution is 6.05. The largest absolute Gasteiger partial charge is 0.496 e. The van der Waals surface area contributed by atoms with Gasteiger partial charge in [-0.25, -0.2) is 0 Å². The van der Waals surface area contributed by atoms with E-state index in [1.165, 1.54) is 4.90 Å². The summed E-state index contributed by atoms with van der Waals surface area (Å²) >= 11 is 0. The molecule has 21 heavy (non-hydrogen) atoms. The first-order valence-corrected chi connectivity index (χ1v) is 7.36. The van der Waals surface area contributed by atoms with Gasteiger partial charge in [-0.1, -0.05) is 12.5 Å². The molecule has 1 saturated heterocycles. The standard InChI is InChI=1S/C16H20N2O3/c1-21-14-6-5-10(7-11(14)8-17)9-18-15(19)12-3-2-4-13(12)16(18)20/h5-7,12-13H,2-4,8-9,17H2,1H3. The van der Waals surface area contributed by atoms with Crippen LogP contribution in [-0.4, -0.2) is 23.8 Å². The first-order valence-electron chi connectivity index (χ1n) is 7.36. The van der Waals surface area contributed by atoms with Gasteiger partial charge in [-0.3, -0.25) is 14.5 Å². The van der Waals surface area contributed by atoms with E-state index in [-0.39, 0.29) is 23.7 Å². The minimum Gasteiger partial charge on any atom is -0.496 e. The second kappa shape index (κ2) is 5.48. The summed E-state index contributed by atoms with van der Waals surface area (Å²) in [5.41, 5.74) is 7.50. The molecule has 1 saturated carbocycles. The lowest BCUT2D eigenvalue weighted by Gasteiger charge is -2.17. The number of likely N-dealkylation sites (tertiary alicyclic amines) is 1. The maximum absolute atomic E-state index is 12.3. The fourth-order valence-electron chi connectivity index (χ4n) is 3.49. The van der Waals surface area contributed by atoms with E-state index in [1.807, 2.05) is 18.2 Å². The van der Waals surface area contributed by atoms with Crippen LogP contribution in [0.25, 0.3) is 0 Å². The molecule has 1 heterocycles. The molecule has 112 valence electrons. The van der Waals surface area contributed by atoms with Gasteiger partial charge in [0.05, 0.1) is 25.5 Å². The second-order valence-corrected chi connectivity index (χ2v) is 5.76. The SMILES string of the molecule is COc1ccc(CN2C(=O)C3CCCC3C2=O)cc1CN. The predicted octanol–water partition coefficient (Wildman–Crippen LogP) is 1.44. The average molecular weight is 288 g/mol. The molecule has 5 nitrogen and oxygen atoms in total. The number of carbonyl (C=O) groups is 2. The van der Waals surface area contributed by atoms with Gasteiger partial charge in [0, 0.05) is 12.1 Å². The summed E-state index contributed by atoms with van der Waals surface area (Å²) in [5.74, 6) is 0.562. The summed E-state index contributed by atoms with van der Waals surface area (Å²) in [4.78, 5) is 26.1. The van der Waals surface area contributed by atoms with E-state index in [4.69, 9.17) is 10.5 Å². The van der Waals surface area contributed by atoms with Crippen LogP contribution in [0.15, 0.2) is 18.2 Å². The molecule has 3 rings (SSSR count). The molecule has 2 aliphatic rings. The lowest BCUT2D eigenvalue weighted by Crippen LogP contribution is -2.31. The maximum Gasteiger partial charge on any atom is 0.233 e. The Bertz CT molecular complexity index is 563. The van der Waals surface area contributed by atoms with Gasteiger partial charge < -0.3 is 10.5 Å². The van der Waals surface area contributed by atoms with Gasteiger partial charge in [-0.05, 0) is 30.5 Å². The first-order chi connectivity index (χ1) is 10.2. The van der Waals surface area contributed by atoms with E-state index < -0.39 is 0 Å². The van der Waals surface area contributed by atoms with E-state index in [2.05, 4.69) is 0 Å². The fraction of sp³-hybridized carbons (Fsp3) is 0.500. The number of nitrogens with two attached hydrogens (primary N) is 1. The molecule has 2 N–H and O–H groups in total. The summed E-state index contributed by atoms with van der Waals surface area (Å²) in [6.45, 7) is 0.700. The Balaban J connectivity index is 1.81. The number of amides is 2.